The topological polar surface area (TPSA) is 64.1 Å². The fourth-order valence-corrected chi connectivity index (χ4v) is 2.99. The lowest BCUT2D eigenvalue weighted by Gasteiger charge is -2.15. The first-order valence-electron chi connectivity index (χ1n) is 6.85. The van der Waals surface area contributed by atoms with Gasteiger partial charge >= 0.3 is 0 Å². The molecule has 1 aliphatic heterocycles. The molecule has 1 aromatic heterocycles. The van der Waals surface area contributed by atoms with Crippen LogP contribution >= 0.6 is 11.6 Å². The van der Waals surface area contributed by atoms with E-state index in [9.17, 15) is 4.79 Å². The van der Waals surface area contributed by atoms with Crippen molar-refractivity contribution in [2.75, 3.05) is 18.8 Å². The van der Waals surface area contributed by atoms with Crippen LogP contribution in [0.3, 0.4) is 0 Å². The second kappa shape index (κ2) is 5.32. The Balaban J connectivity index is 1.80. The highest BCUT2D eigenvalue weighted by Crippen LogP contribution is 2.26. The molecule has 0 bridgehead atoms. The van der Waals surface area contributed by atoms with E-state index in [2.05, 4.69) is 4.98 Å². The van der Waals surface area contributed by atoms with Crippen LogP contribution in [0.5, 0.6) is 0 Å². The number of rotatable bonds is 3. The zero-order chi connectivity index (χ0) is 14.1. The molecule has 0 atom stereocenters. The molecule has 0 spiro atoms. The van der Waals surface area contributed by atoms with Crippen molar-refractivity contribution in [3.63, 3.8) is 0 Å². The summed E-state index contributed by atoms with van der Waals surface area (Å²) in [5.41, 5.74) is 7.50. The maximum absolute atomic E-state index is 12.1. The largest absolute Gasteiger partial charge is 0.369 e. The Bertz CT molecular complexity index is 646. The van der Waals surface area contributed by atoms with Gasteiger partial charge in [0.05, 0.1) is 16.1 Å². The van der Waals surface area contributed by atoms with E-state index in [1.54, 1.807) is 0 Å². The number of carbonyl (C=O) groups is 1. The van der Waals surface area contributed by atoms with Gasteiger partial charge in [-0.05, 0) is 25.0 Å². The number of nitrogen functional groups attached to an aromatic ring is 1. The SMILES string of the molecule is Nc1nc2cccc(Cl)c2n1CCC(=O)N1CCCC1. The highest BCUT2D eigenvalue weighted by Gasteiger charge is 2.19. The molecule has 1 saturated heterocycles. The van der Waals surface area contributed by atoms with E-state index in [0.29, 0.717) is 23.9 Å². The van der Waals surface area contributed by atoms with Crippen LogP contribution in [-0.4, -0.2) is 33.4 Å². The summed E-state index contributed by atoms with van der Waals surface area (Å²) in [5.74, 6) is 0.582. The van der Waals surface area contributed by atoms with Crippen molar-refractivity contribution in [2.45, 2.75) is 25.8 Å². The third-order valence-electron chi connectivity index (χ3n) is 3.75. The maximum Gasteiger partial charge on any atom is 0.224 e. The average molecular weight is 293 g/mol. The summed E-state index contributed by atoms with van der Waals surface area (Å²) in [6, 6.07) is 5.52. The molecule has 2 N–H and O–H groups in total. The number of imidazole rings is 1. The highest BCUT2D eigenvalue weighted by atomic mass is 35.5. The van der Waals surface area contributed by atoms with Gasteiger partial charge in [0.25, 0.3) is 0 Å². The Morgan fingerprint density at radius 2 is 2.10 bits per heavy atom. The first-order chi connectivity index (χ1) is 9.66. The Kier molecular flexibility index (Phi) is 3.53. The zero-order valence-electron chi connectivity index (χ0n) is 11.2. The van der Waals surface area contributed by atoms with E-state index in [4.69, 9.17) is 17.3 Å². The van der Waals surface area contributed by atoms with Gasteiger partial charge in [-0.2, -0.15) is 0 Å². The van der Waals surface area contributed by atoms with Crippen LogP contribution in [0.25, 0.3) is 11.0 Å². The predicted octanol–water partition coefficient (Wildman–Crippen LogP) is 2.28. The molecule has 0 unspecified atom stereocenters. The second-order valence-electron chi connectivity index (χ2n) is 5.07. The number of benzene rings is 1. The van der Waals surface area contributed by atoms with Crippen molar-refractivity contribution < 1.29 is 4.79 Å². The normalized spacial score (nSPS) is 15.2. The molecule has 2 heterocycles. The van der Waals surface area contributed by atoms with Gasteiger partial charge in [-0.1, -0.05) is 17.7 Å². The van der Waals surface area contributed by atoms with E-state index >= 15 is 0 Å². The van der Waals surface area contributed by atoms with Crippen LogP contribution in [0.15, 0.2) is 18.2 Å². The smallest absolute Gasteiger partial charge is 0.224 e. The lowest BCUT2D eigenvalue weighted by atomic mass is 10.3. The fourth-order valence-electron chi connectivity index (χ4n) is 2.72. The molecule has 20 heavy (non-hydrogen) atoms. The minimum Gasteiger partial charge on any atom is -0.369 e. The predicted molar refractivity (Wildman–Crippen MR) is 79.6 cm³/mol. The van der Waals surface area contributed by atoms with E-state index < -0.39 is 0 Å². The monoisotopic (exact) mass is 292 g/mol. The molecule has 3 rings (SSSR count). The number of hydrogen-bond donors (Lipinski definition) is 1. The highest BCUT2D eigenvalue weighted by molar-refractivity contribution is 6.35. The van der Waals surface area contributed by atoms with Gasteiger partial charge in [0.1, 0.15) is 0 Å². The quantitative estimate of drug-likeness (QED) is 0.944. The standard InChI is InChI=1S/C14H17ClN4O/c15-10-4-3-5-11-13(10)19(14(16)17-11)9-6-12(20)18-7-1-2-8-18/h3-5H,1-2,6-9H2,(H2,16,17). The Hall–Kier alpha value is -1.75. The Labute approximate surface area is 122 Å². The Morgan fingerprint density at radius 3 is 2.85 bits per heavy atom. The van der Waals surface area contributed by atoms with Crippen LogP contribution in [0.1, 0.15) is 19.3 Å². The number of amides is 1. The van der Waals surface area contributed by atoms with E-state index in [1.165, 1.54) is 0 Å². The molecule has 0 radical (unpaired) electrons. The fraction of sp³-hybridized carbons (Fsp3) is 0.429. The minimum atomic E-state index is 0.177. The number of aromatic nitrogens is 2. The molecular formula is C14H17ClN4O. The third kappa shape index (κ3) is 2.33. The second-order valence-corrected chi connectivity index (χ2v) is 5.47. The molecule has 106 valence electrons. The molecule has 0 saturated carbocycles. The Morgan fingerprint density at radius 1 is 1.35 bits per heavy atom. The van der Waals surface area contributed by atoms with Gasteiger partial charge in [0, 0.05) is 26.1 Å². The van der Waals surface area contributed by atoms with Crippen molar-refractivity contribution in [2.24, 2.45) is 0 Å². The molecule has 6 heteroatoms. The average Bonchev–Trinajstić information content (AvgIpc) is 3.04. The first-order valence-corrected chi connectivity index (χ1v) is 7.22. The van der Waals surface area contributed by atoms with Crippen LogP contribution in [0.2, 0.25) is 5.02 Å². The number of nitrogens with zero attached hydrogens (tertiary/aromatic N) is 3. The number of anilines is 1. The van der Waals surface area contributed by atoms with Crippen molar-refractivity contribution in [1.29, 1.82) is 0 Å². The number of nitrogens with two attached hydrogens (primary N) is 1. The van der Waals surface area contributed by atoms with Crippen molar-refractivity contribution in [1.82, 2.24) is 14.5 Å². The van der Waals surface area contributed by atoms with Gasteiger partial charge in [-0.3, -0.25) is 4.79 Å². The molecule has 2 aromatic rings. The van der Waals surface area contributed by atoms with Crippen LogP contribution < -0.4 is 5.73 Å². The van der Waals surface area contributed by atoms with E-state index in [0.717, 1.165) is 37.0 Å². The van der Waals surface area contributed by atoms with Crippen molar-refractivity contribution in [3.8, 4) is 0 Å². The van der Waals surface area contributed by atoms with Crippen molar-refractivity contribution in [3.05, 3.63) is 23.2 Å². The first kappa shape index (κ1) is 13.2. The van der Waals surface area contributed by atoms with Gasteiger partial charge in [0.2, 0.25) is 11.9 Å². The van der Waals surface area contributed by atoms with Gasteiger partial charge < -0.3 is 15.2 Å². The summed E-state index contributed by atoms with van der Waals surface area (Å²) >= 11 is 6.21. The molecule has 0 aliphatic carbocycles. The van der Waals surface area contributed by atoms with E-state index in [-0.39, 0.29) is 5.91 Å². The zero-order valence-corrected chi connectivity index (χ0v) is 11.9. The van der Waals surface area contributed by atoms with Crippen molar-refractivity contribution >= 4 is 34.5 Å². The summed E-state index contributed by atoms with van der Waals surface area (Å²) in [6.45, 7) is 2.26. The minimum absolute atomic E-state index is 0.177. The summed E-state index contributed by atoms with van der Waals surface area (Å²) in [7, 11) is 0. The maximum atomic E-state index is 12.1. The molecular weight excluding hydrogens is 276 g/mol. The number of hydrogen-bond acceptors (Lipinski definition) is 3. The summed E-state index contributed by atoms with van der Waals surface area (Å²) in [5, 5.41) is 0.611. The van der Waals surface area contributed by atoms with Gasteiger partial charge in [0.15, 0.2) is 0 Å². The summed E-state index contributed by atoms with van der Waals surface area (Å²) in [4.78, 5) is 18.3. The molecule has 1 aliphatic rings. The lowest BCUT2D eigenvalue weighted by Crippen LogP contribution is -2.28. The number of likely N-dealkylation sites (tertiary alicyclic amines) is 1. The third-order valence-corrected chi connectivity index (χ3v) is 4.06. The molecule has 1 amide bonds. The number of para-hydroxylation sites is 1. The molecule has 1 aromatic carbocycles. The number of carbonyl (C=O) groups excluding carboxylic acids is 1. The van der Waals surface area contributed by atoms with Gasteiger partial charge in [-0.25, -0.2) is 4.98 Å². The number of aryl methyl sites for hydroxylation is 1. The summed E-state index contributed by atoms with van der Waals surface area (Å²) in [6.07, 6.45) is 2.64. The number of halogens is 1. The lowest BCUT2D eigenvalue weighted by molar-refractivity contribution is -0.130. The van der Waals surface area contributed by atoms with Gasteiger partial charge in [-0.15, -0.1) is 0 Å². The molecule has 5 nitrogen and oxygen atoms in total. The summed E-state index contributed by atoms with van der Waals surface area (Å²) < 4.78 is 1.83. The van der Waals surface area contributed by atoms with Crippen LogP contribution in [-0.2, 0) is 11.3 Å². The molecule has 1 fully saturated rings. The number of fused-ring (bicyclic) bond motifs is 1. The van der Waals surface area contributed by atoms with Crippen LogP contribution in [0, 0.1) is 0 Å². The van der Waals surface area contributed by atoms with Crippen LogP contribution in [0.4, 0.5) is 5.95 Å². The van der Waals surface area contributed by atoms with E-state index in [1.807, 2.05) is 27.7 Å².